The number of aromatic nitrogens is 3. The molecule has 0 aliphatic heterocycles. The molecule has 1 aromatic carbocycles. The summed E-state index contributed by atoms with van der Waals surface area (Å²) in [5, 5.41) is 21.2. The highest BCUT2D eigenvalue weighted by atomic mass is 32.2. The zero-order valence-electron chi connectivity index (χ0n) is 22.6. The standard InChI is InChI=1S/C27H32N6O3S3/c1-6-23(38-25-18(15-28)13-17-14-19(27(3,4)5)7-12-22(17)30-25)24(34)29-20-8-10-21(11-9-20)39(35,36)33-26-32-31-16(2)37-26/h8-11,13,19,23H,6-7,12,14H2,1-5H3,(H,29,34)(H,32,33). The lowest BCUT2D eigenvalue weighted by Gasteiger charge is -2.34. The second-order valence-corrected chi connectivity index (χ2v) is 14.7. The highest BCUT2D eigenvalue weighted by Crippen LogP contribution is 2.38. The quantitative estimate of drug-likeness (QED) is 0.328. The van der Waals surface area contributed by atoms with Gasteiger partial charge in [-0.2, -0.15) is 5.26 Å². The Bertz CT molecular complexity index is 1500. The number of anilines is 2. The molecule has 2 heterocycles. The smallest absolute Gasteiger partial charge is 0.263 e. The number of pyridine rings is 1. The number of amides is 1. The fourth-order valence-electron chi connectivity index (χ4n) is 4.46. The average molecular weight is 585 g/mol. The Balaban J connectivity index is 1.44. The number of fused-ring (bicyclic) bond motifs is 1. The summed E-state index contributed by atoms with van der Waals surface area (Å²) < 4.78 is 27.7. The van der Waals surface area contributed by atoms with E-state index in [4.69, 9.17) is 4.98 Å². The van der Waals surface area contributed by atoms with Crippen LogP contribution in [0.5, 0.6) is 0 Å². The number of hydrogen-bond donors (Lipinski definition) is 2. The van der Waals surface area contributed by atoms with Gasteiger partial charge in [0.25, 0.3) is 10.0 Å². The topological polar surface area (TPSA) is 138 Å². The van der Waals surface area contributed by atoms with Crippen molar-refractivity contribution >= 4 is 49.8 Å². The molecule has 2 atom stereocenters. The number of thioether (sulfide) groups is 1. The SMILES string of the molecule is CCC(Sc1nc2c(cc1C#N)CC(C(C)(C)C)CC2)C(=O)Nc1ccc(S(=O)(=O)Nc2nnc(C)s2)cc1. The zero-order chi connectivity index (χ0) is 28.4. The van der Waals surface area contributed by atoms with Crippen LogP contribution in [0.25, 0.3) is 0 Å². The van der Waals surface area contributed by atoms with Crippen molar-refractivity contribution in [1.82, 2.24) is 15.2 Å². The number of aryl methyl sites for hydroxylation is 2. The zero-order valence-corrected chi connectivity index (χ0v) is 25.1. The second-order valence-electron chi connectivity index (χ2n) is 10.6. The van der Waals surface area contributed by atoms with E-state index in [0.29, 0.717) is 33.6 Å². The summed E-state index contributed by atoms with van der Waals surface area (Å²) in [4.78, 5) is 18.0. The van der Waals surface area contributed by atoms with Crippen LogP contribution in [-0.4, -0.2) is 34.8 Å². The Morgan fingerprint density at radius 3 is 2.56 bits per heavy atom. The number of nitrogens with zero attached hydrogens (tertiary/aromatic N) is 4. The van der Waals surface area contributed by atoms with Gasteiger partial charge in [0.2, 0.25) is 11.0 Å². The Hall–Kier alpha value is -3.01. The predicted octanol–water partition coefficient (Wildman–Crippen LogP) is 5.57. The normalized spacial score (nSPS) is 16.2. The van der Waals surface area contributed by atoms with Gasteiger partial charge in [-0.25, -0.2) is 13.4 Å². The van der Waals surface area contributed by atoms with Crippen molar-refractivity contribution in [2.24, 2.45) is 11.3 Å². The van der Waals surface area contributed by atoms with Gasteiger partial charge in [0, 0.05) is 11.4 Å². The summed E-state index contributed by atoms with van der Waals surface area (Å²) in [5.41, 5.74) is 3.30. The fourth-order valence-corrected chi connectivity index (χ4v) is 7.28. The molecular formula is C27H32N6O3S3. The molecule has 2 aromatic heterocycles. The van der Waals surface area contributed by atoms with Crippen molar-refractivity contribution in [2.45, 2.75) is 75.5 Å². The van der Waals surface area contributed by atoms with E-state index >= 15 is 0 Å². The van der Waals surface area contributed by atoms with E-state index in [1.165, 1.54) is 23.9 Å². The van der Waals surface area contributed by atoms with Crippen molar-refractivity contribution in [3.05, 3.63) is 52.2 Å². The Morgan fingerprint density at radius 1 is 1.26 bits per heavy atom. The highest BCUT2D eigenvalue weighted by molar-refractivity contribution is 8.00. The van der Waals surface area contributed by atoms with Crippen LogP contribution < -0.4 is 10.0 Å². The van der Waals surface area contributed by atoms with Crippen LogP contribution in [0.3, 0.4) is 0 Å². The van der Waals surface area contributed by atoms with Gasteiger partial charge < -0.3 is 5.32 Å². The molecule has 0 fully saturated rings. The second kappa shape index (κ2) is 11.6. The highest BCUT2D eigenvalue weighted by Gasteiger charge is 2.31. The summed E-state index contributed by atoms with van der Waals surface area (Å²) in [6, 6.07) is 10.1. The van der Waals surface area contributed by atoms with E-state index < -0.39 is 15.3 Å². The lowest BCUT2D eigenvalue weighted by molar-refractivity contribution is -0.115. The third-order valence-corrected chi connectivity index (χ3v) is 10.4. The molecule has 0 spiro atoms. The molecule has 9 nitrogen and oxygen atoms in total. The molecule has 3 aromatic rings. The minimum absolute atomic E-state index is 0.0420. The van der Waals surface area contributed by atoms with Crippen LogP contribution >= 0.6 is 23.1 Å². The first-order valence-electron chi connectivity index (χ1n) is 12.7. The van der Waals surface area contributed by atoms with Crippen molar-refractivity contribution in [3.63, 3.8) is 0 Å². The van der Waals surface area contributed by atoms with Gasteiger partial charge >= 0.3 is 0 Å². The van der Waals surface area contributed by atoms with Gasteiger partial charge in [-0.3, -0.25) is 9.52 Å². The maximum Gasteiger partial charge on any atom is 0.263 e. The molecule has 12 heteroatoms. The molecule has 0 saturated heterocycles. The minimum atomic E-state index is -3.83. The van der Waals surface area contributed by atoms with Gasteiger partial charge in [0.1, 0.15) is 16.1 Å². The van der Waals surface area contributed by atoms with Crippen molar-refractivity contribution < 1.29 is 13.2 Å². The monoisotopic (exact) mass is 584 g/mol. The number of carbonyl (C=O) groups is 1. The van der Waals surface area contributed by atoms with Crippen LogP contribution in [0.15, 0.2) is 40.3 Å². The molecule has 206 valence electrons. The summed E-state index contributed by atoms with van der Waals surface area (Å²) in [5.74, 6) is 0.300. The van der Waals surface area contributed by atoms with Crippen molar-refractivity contribution in [3.8, 4) is 6.07 Å². The van der Waals surface area contributed by atoms with E-state index in [1.807, 2.05) is 13.0 Å². The van der Waals surface area contributed by atoms with Crippen LogP contribution in [0.1, 0.15) is 62.4 Å². The summed E-state index contributed by atoms with van der Waals surface area (Å²) in [7, 11) is -3.83. The molecule has 1 aliphatic rings. The lowest BCUT2D eigenvalue weighted by atomic mass is 9.71. The third kappa shape index (κ3) is 6.96. The summed E-state index contributed by atoms with van der Waals surface area (Å²) in [6.07, 6.45) is 3.36. The molecule has 0 radical (unpaired) electrons. The van der Waals surface area contributed by atoms with Gasteiger partial charge in [0.15, 0.2) is 0 Å². The molecule has 39 heavy (non-hydrogen) atoms. The van der Waals surface area contributed by atoms with Gasteiger partial charge in [-0.1, -0.05) is 50.8 Å². The first-order valence-corrected chi connectivity index (χ1v) is 15.9. The molecule has 2 unspecified atom stereocenters. The largest absolute Gasteiger partial charge is 0.325 e. The number of benzene rings is 1. The molecule has 2 N–H and O–H groups in total. The lowest BCUT2D eigenvalue weighted by Crippen LogP contribution is -2.28. The number of carbonyl (C=O) groups excluding carboxylic acids is 1. The van der Waals surface area contributed by atoms with Crippen molar-refractivity contribution in [1.29, 1.82) is 5.26 Å². The van der Waals surface area contributed by atoms with Gasteiger partial charge in [-0.15, -0.1) is 10.2 Å². The molecule has 1 amide bonds. The van der Waals surface area contributed by atoms with E-state index in [1.54, 1.807) is 19.1 Å². The van der Waals surface area contributed by atoms with Gasteiger partial charge in [-0.05, 0) is 79.8 Å². The predicted molar refractivity (Wildman–Crippen MR) is 154 cm³/mol. The first-order chi connectivity index (χ1) is 18.4. The fraction of sp³-hybridized carbons (Fsp3) is 0.444. The molecule has 0 saturated carbocycles. The van der Waals surface area contributed by atoms with E-state index in [9.17, 15) is 18.5 Å². The molecule has 4 rings (SSSR count). The molecule has 0 bridgehead atoms. The van der Waals surface area contributed by atoms with E-state index in [-0.39, 0.29) is 21.3 Å². The Kier molecular flexibility index (Phi) is 8.63. The Labute approximate surface area is 237 Å². The van der Waals surface area contributed by atoms with Crippen LogP contribution in [0.2, 0.25) is 0 Å². The summed E-state index contributed by atoms with van der Waals surface area (Å²) in [6.45, 7) is 10.4. The Morgan fingerprint density at radius 2 is 1.97 bits per heavy atom. The molecular weight excluding hydrogens is 553 g/mol. The third-order valence-electron chi connectivity index (χ3n) is 6.79. The summed E-state index contributed by atoms with van der Waals surface area (Å²) >= 11 is 2.43. The maximum absolute atomic E-state index is 13.1. The number of rotatable bonds is 8. The maximum atomic E-state index is 13.1. The number of nitriles is 1. The van der Waals surface area contributed by atoms with E-state index in [0.717, 1.165) is 41.9 Å². The molecule has 1 aliphatic carbocycles. The average Bonchev–Trinajstić information content (AvgIpc) is 3.29. The number of sulfonamides is 1. The first kappa shape index (κ1) is 29.0. The van der Waals surface area contributed by atoms with E-state index in [2.05, 4.69) is 47.1 Å². The van der Waals surface area contributed by atoms with Crippen LogP contribution in [0, 0.1) is 29.6 Å². The minimum Gasteiger partial charge on any atom is -0.325 e. The van der Waals surface area contributed by atoms with Gasteiger partial charge in [0.05, 0.1) is 15.7 Å². The van der Waals surface area contributed by atoms with Crippen LogP contribution in [0.4, 0.5) is 10.8 Å². The van der Waals surface area contributed by atoms with Crippen LogP contribution in [-0.2, 0) is 27.7 Å². The number of nitrogens with one attached hydrogen (secondary N) is 2. The number of hydrogen-bond acceptors (Lipinski definition) is 9. The van der Waals surface area contributed by atoms with Crippen molar-refractivity contribution in [2.75, 3.05) is 10.0 Å².